The van der Waals surface area contributed by atoms with Crippen LogP contribution in [0.4, 0.5) is 4.79 Å². The molecule has 23 heavy (non-hydrogen) atoms. The predicted molar refractivity (Wildman–Crippen MR) is 98.2 cm³/mol. The summed E-state index contributed by atoms with van der Waals surface area (Å²) in [6.45, 7) is 11.7. The number of halogens is 1. The van der Waals surface area contributed by atoms with Crippen LogP contribution in [0.15, 0.2) is 22.8 Å². The number of pyridine rings is 1. The van der Waals surface area contributed by atoms with E-state index in [4.69, 9.17) is 9.53 Å². The van der Waals surface area contributed by atoms with E-state index in [-0.39, 0.29) is 11.1 Å². The van der Waals surface area contributed by atoms with E-state index in [9.17, 15) is 4.79 Å². The van der Waals surface area contributed by atoms with Gasteiger partial charge in [-0.15, -0.1) is 0 Å². The fourth-order valence-electron chi connectivity index (χ4n) is 1.89. The van der Waals surface area contributed by atoms with Crippen LogP contribution in [-0.2, 0) is 4.43 Å². The first-order valence-corrected chi connectivity index (χ1v) is 11.5. The number of aromatic nitrogens is 1. The Morgan fingerprint density at radius 2 is 2.09 bits per heavy atom. The highest BCUT2D eigenvalue weighted by atomic mass is 79.9. The molecule has 1 heterocycles. The lowest BCUT2D eigenvalue weighted by Gasteiger charge is -2.36. The quantitative estimate of drug-likeness (QED) is 0.384. The normalized spacial score (nSPS) is 13.7. The van der Waals surface area contributed by atoms with E-state index in [0.29, 0.717) is 23.3 Å². The molecule has 130 valence electrons. The third kappa shape index (κ3) is 6.61. The number of carbonyl (C=O) groups is 1. The Hall–Kier alpha value is -0.923. The van der Waals surface area contributed by atoms with Crippen LogP contribution in [0.5, 0.6) is 0 Å². The summed E-state index contributed by atoms with van der Waals surface area (Å²) in [4.78, 5) is 15.4. The molecule has 0 aliphatic heterocycles. The summed E-state index contributed by atoms with van der Waals surface area (Å²) in [6, 6.07) is 5.19. The van der Waals surface area contributed by atoms with Gasteiger partial charge in [0, 0.05) is 6.61 Å². The number of rotatable bonds is 7. The molecule has 0 aliphatic rings. The van der Waals surface area contributed by atoms with Gasteiger partial charge >= 0.3 is 6.09 Å². The number of nitrogens with zero attached hydrogens (tertiary/aromatic N) is 1. The first-order valence-electron chi connectivity index (χ1n) is 7.79. The van der Waals surface area contributed by atoms with Gasteiger partial charge in [0.25, 0.3) is 0 Å². The highest BCUT2D eigenvalue weighted by Crippen LogP contribution is 2.36. The summed E-state index contributed by atoms with van der Waals surface area (Å²) < 4.78 is 6.84. The molecule has 1 aromatic rings. The lowest BCUT2D eigenvalue weighted by molar-refractivity contribution is 0.187. The Bertz CT molecular complexity index is 532. The van der Waals surface area contributed by atoms with Crippen LogP contribution in [0.2, 0.25) is 18.1 Å². The van der Waals surface area contributed by atoms with Crippen molar-refractivity contribution in [1.29, 1.82) is 0 Å². The summed E-state index contributed by atoms with van der Waals surface area (Å²) in [5, 5.41) is 11.8. The Kier molecular flexibility index (Phi) is 7.22. The summed E-state index contributed by atoms with van der Waals surface area (Å²) >= 11 is 3.32. The zero-order chi connectivity index (χ0) is 17.7. The average Bonchev–Trinajstić information content (AvgIpc) is 2.40. The highest BCUT2D eigenvalue weighted by Gasteiger charge is 2.36. The molecule has 0 spiro atoms. The van der Waals surface area contributed by atoms with Crippen LogP contribution in [-0.4, -0.2) is 31.1 Å². The van der Waals surface area contributed by atoms with E-state index in [1.807, 2.05) is 18.2 Å². The minimum Gasteiger partial charge on any atom is -0.465 e. The Labute approximate surface area is 148 Å². The minimum absolute atomic E-state index is 0.178. The molecule has 0 aromatic carbocycles. The molecular weight excluding hydrogens is 376 g/mol. The Morgan fingerprint density at radius 3 is 2.61 bits per heavy atom. The van der Waals surface area contributed by atoms with Crippen LogP contribution < -0.4 is 5.32 Å². The molecule has 1 rings (SSSR count). The van der Waals surface area contributed by atoms with Crippen molar-refractivity contribution in [2.24, 2.45) is 0 Å². The maximum absolute atomic E-state index is 11.0. The van der Waals surface area contributed by atoms with Gasteiger partial charge in [-0.1, -0.05) is 26.8 Å². The van der Waals surface area contributed by atoms with Crippen LogP contribution in [0.25, 0.3) is 0 Å². The Morgan fingerprint density at radius 1 is 1.43 bits per heavy atom. The van der Waals surface area contributed by atoms with Gasteiger partial charge < -0.3 is 14.8 Å². The highest BCUT2D eigenvalue weighted by molar-refractivity contribution is 9.10. The van der Waals surface area contributed by atoms with E-state index >= 15 is 0 Å². The first kappa shape index (κ1) is 20.1. The summed E-state index contributed by atoms with van der Waals surface area (Å²) in [6.07, 6.45) is 0.401. The standard InChI is InChI=1S/C16H27BrN2O3Si/c1-16(2,3)23(4,5)22-11-7-9-13(19-15(20)21)12-8-6-10-14(17)18-12/h6,8,10,13,19H,7,9,11H2,1-5H3,(H,20,21). The molecule has 0 aliphatic carbocycles. The van der Waals surface area contributed by atoms with Crippen molar-refractivity contribution in [3.05, 3.63) is 28.5 Å². The topological polar surface area (TPSA) is 71.5 Å². The van der Waals surface area contributed by atoms with Gasteiger partial charge in [0.1, 0.15) is 4.60 Å². The molecule has 0 saturated carbocycles. The number of carboxylic acid groups (broad SMARTS) is 1. The minimum atomic E-state index is -1.76. The monoisotopic (exact) mass is 402 g/mol. The van der Waals surface area contributed by atoms with Crippen LogP contribution in [0.1, 0.15) is 45.3 Å². The van der Waals surface area contributed by atoms with Crippen molar-refractivity contribution in [3.63, 3.8) is 0 Å². The molecule has 5 nitrogen and oxygen atoms in total. The van der Waals surface area contributed by atoms with E-state index in [1.54, 1.807) is 0 Å². The average molecular weight is 403 g/mol. The smallest absolute Gasteiger partial charge is 0.405 e. The van der Waals surface area contributed by atoms with Crippen molar-refractivity contribution in [3.8, 4) is 0 Å². The van der Waals surface area contributed by atoms with Gasteiger partial charge in [0.15, 0.2) is 8.32 Å². The summed E-state index contributed by atoms with van der Waals surface area (Å²) in [5.41, 5.74) is 0.717. The van der Waals surface area contributed by atoms with Gasteiger partial charge in [0.2, 0.25) is 0 Å². The molecule has 0 fully saturated rings. The third-order valence-electron chi connectivity index (χ3n) is 4.30. The van der Waals surface area contributed by atoms with Crippen molar-refractivity contribution in [2.75, 3.05) is 6.61 Å². The number of hydrogen-bond acceptors (Lipinski definition) is 3. The number of amides is 1. The molecule has 0 radical (unpaired) electrons. The van der Waals surface area contributed by atoms with Crippen molar-refractivity contribution >= 4 is 30.3 Å². The zero-order valence-corrected chi connectivity index (χ0v) is 17.1. The van der Waals surface area contributed by atoms with Crippen molar-refractivity contribution in [2.45, 2.75) is 57.8 Å². The third-order valence-corrected chi connectivity index (χ3v) is 9.28. The van der Waals surface area contributed by atoms with Crippen LogP contribution in [0.3, 0.4) is 0 Å². The van der Waals surface area contributed by atoms with Gasteiger partial charge in [0.05, 0.1) is 11.7 Å². The van der Waals surface area contributed by atoms with E-state index in [2.05, 4.69) is 60.1 Å². The molecule has 1 atom stereocenters. The molecule has 2 N–H and O–H groups in total. The lowest BCUT2D eigenvalue weighted by atomic mass is 10.1. The molecule has 1 amide bonds. The van der Waals surface area contributed by atoms with E-state index < -0.39 is 14.4 Å². The van der Waals surface area contributed by atoms with Gasteiger partial charge in [-0.05, 0) is 59.0 Å². The molecule has 7 heteroatoms. The van der Waals surface area contributed by atoms with Crippen molar-refractivity contribution < 1.29 is 14.3 Å². The molecular formula is C16H27BrN2O3Si. The first-order chi connectivity index (χ1) is 10.5. The van der Waals surface area contributed by atoms with E-state index in [1.165, 1.54) is 0 Å². The van der Waals surface area contributed by atoms with Crippen LogP contribution >= 0.6 is 15.9 Å². The molecule has 0 saturated heterocycles. The predicted octanol–water partition coefficient (Wildman–Crippen LogP) is 4.95. The largest absolute Gasteiger partial charge is 0.465 e. The van der Waals surface area contributed by atoms with Gasteiger partial charge in [-0.25, -0.2) is 9.78 Å². The maximum Gasteiger partial charge on any atom is 0.405 e. The second-order valence-corrected chi connectivity index (χ2v) is 12.8. The van der Waals surface area contributed by atoms with Crippen molar-refractivity contribution in [1.82, 2.24) is 10.3 Å². The summed E-state index contributed by atoms with van der Waals surface area (Å²) in [7, 11) is -1.76. The summed E-state index contributed by atoms with van der Waals surface area (Å²) in [5.74, 6) is 0. The SMILES string of the molecule is CC(C)(C)[Si](C)(C)OCCCC(NC(=O)O)c1cccc(Br)n1. The van der Waals surface area contributed by atoms with Gasteiger partial charge in [-0.3, -0.25) is 0 Å². The molecule has 0 bridgehead atoms. The zero-order valence-electron chi connectivity index (χ0n) is 14.5. The fourth-order valence-corrected chi connectivity index (χ4v) is 3.34. The van der Waals surface area contributed by atoms with Gasteiger partial charge in [-0.2, -0.15) is 0 Å². The number of hydrogen-bond donors (Lipinski definition) is 2. The fraction of sp³-hybridized carbons (Fsp3) is 0.625. The molecule has 1 aromatic heterocycles. The molecule has 1 unspecified atom stereocenters. The second kappa shape index (κ2) is 8.26. The Balaban J connectivity index is 2.61. The maximum atomic E-state index is 11.0. The number of nitrogens with one attached hydrogen (secondary N) is 1. The second-order valence-electron chi connectivity index (χ2n) is 7.14. The lowest BCUT2D eigenvalue weighted by Crippen LogP contribution is -2.41. The van der Waals surface area contributed by atoms with Crippen LogP contribution in [0, 0.1) is 0 Å². The van der Waals surface area contributed by atoms with E-state index in [0.717, 1.165) is 6.42 Å².